The van der Waals surface area contributed by atoms with E-state index in [1.807, 2.05) is 30.1 Å². The van der Waals surface area contributed by atoms with E-state index in [1.165, 1.54) is 5.56 Å². The van der Waals surface area contributed by atoms with Crippen LogP contribution in [0.3, 0.4) is 0 Å². The molecule has 7 nitrogen and oxygen atoms in total. The Morgan fingerprint density at radius 2 is 1.93 bits per heavy atom. The van der Waals surface area contributed by atoms with E-state index in [9.17, 15) is 4.79 Å². The largest absolute Gasteiger partial charge is 0.377 e. The van der Waals surface area contributed by atoms with Gasteiger partial charge in [-0.25, -0.2) is 0 Å². The van der Waals surface area contributed by atoms with Gasteiger partial charge in [-0.1, -0.05) is 30.3 Å². The van der Waals surface area contributed by atoms with Crippen molar-refractivity contribution < 1.29 is 14.3 Å². The Morgan fingerprint density at radius 3 is 2.62 bits per heavy atom. The zero-order chi connectivity index (χ0) is 20.3. The quantitative estimate of drug-likeness (QED) is 0.409. The van der Waals surface area contributed by atoms with Gasteiger partial charge in [0, 0.05) is 53.0 Å². The smallest absolute Gasteiger partial charge is 0.251 e. The topological polar surface area (TPSA) is 66.4 Å². The van der Waals surface area contributed by atoms with Gasteiger partial charge in [-0.3, -0.25) is 9.79 Å². The average molecular weight is 403 g/mol. The Labute approximate surface area is 174 Å². The number of rotatable bonds is 8. The maximum atomic E-state index is 12.5. The number of unbranched alkanes of at least 4 members (excludes halogenated alkanes) is 1. The highest BCUT2D eigenvalue weighted by Crippen LogP contribution is 2.16. The van der Waals surface area contributed by atoms with Crippen molar-refractivity contribution in [3.05, 3.63) is 35.9 Å². The molecule has 3 rings (SSSR count). The van der Waals surface area contributed by atoms with Crippen molar-refractivity contribution in [3.8, 4) is 0 Å². The first-order chi connectivity index (χ1) is 14.3. The zero-order valence-electron chi connectivity index (χ0n) is 17.5. The monoisotopic (exact) mass is 402 g/mol. The summed E-state index contributed by atoms with van der Waals surface area (Å²) in [4.78, 5) is 21.0. The SMILES string of the molecule is CN=C(NCCCCOCc1ccccc1)N1CCN(C(=O)C2CCCO2)CC1. The second-order valence-corrected chi connectivity index (χ2v) is 7.53. The summed E-state index contributed by atoms with van der Waals surface area (Å²) in [6.45, 7) is 6.08. The molecule has 2 fully saturated rings. The van der Waals surface area contributed by atoms with E-state index >= 15 is 0 Å². The fourth-order valence-electron chi connectivity index (χ4n) is 3.74. The van der Waals surface area contributed by atoms with Crippen molar-refractivity contribution in [2.75, 3.05) is 53.0 Å². The second kappa shape index (κ2) is 11.8. The highest BCUT2D eigenvalue weighted by molar-refractivity contribution is 5.82. The third-order valence-electron chi connectivity index (χ3n) is 5.42. The summed E-state index contributed by atoms with van der Waals surface area (Å²) >= 11 is 0. The molecule has 1 aromatic carbocycles. The number of ether oxygens (including phenoxy) is 2. The van der Waals surface area contributed by atoms with E-state index in [2.05, 4.69) is 27.3 Å². The lowest BCUT2D eigenvalue weighted by Crippen LogP contribution is -2.55. The molecule has 1 amide bonds. The van der Waals surface area contributed by atoms with Gasteiger partial charge in [0.25, 0.3) is 5.91 Å². The van der Waals surface area contributed by atoms with Gasteiger partial charge < -0.3 is 24.6 Å². The number of piperazine rings is 1. The van der Waals surface area contributed by atoms with Crippen LogP contribution in [-0.2, 0) is 20.9 Å². The van der Waals surface area contributed by atoms with Crippen LogP contribution in [0.25, 0.3) is 0 Å². The molecule has 2 aliphatic heterocycles. The van der Waals surface area contributed by atoms with Gasteiger partial charge in [0.2, 0.25) is 0 Å². The van der Waals surface area contributed by atoms with Gasteiger partial charge in [0.05, 0.1) is 6.61 Å². The van der Waals surface area contributed by atoms with E-state index < -0.39 is 0 Å². The van der Waals surface area contributed by atoms with E-state index in [1.54, 1.807) is 0 Å². The molecule has 0 radical (unpaired) electrons. The zero-order valence-corrected chi connectivity index (χ0v) is 17.5. The molecule has 160 valence electrons. The molecule has 0 aliphatic carbocycles. The third-order valence-corrected chi connectivity index (χ3v) is 5.42. The average Bonchev–Trinajstić information content (AvgIpc) is 3.31. The highest BCUT2D eigenvalue weighted by atomic mass is 16.5. The van der Waals surface area contributed by atoms with Crippen molar-refractivity contribution in [1.29, 1.82) is 0 Å². The van der Waals surface area contributed by atoms with Gasteiger partial charge in [-0.15, -0.1) is 0 Å². The fourth-order valence-corrected chi connectivity index (χ4v) is 3.74. The van der Waals surface area contributed by atoms with Crippen LogP contribution in [-0.4, -0.2) is 80.8 Å². The van der Waals surface area contributed by atoms with Crippen molar-refractivity contribution in [2.24, 2.45) is 4.99 Å². The van der Waals surface area contributed by atoms with E-state index in [0.717, 1.165) is 71.0 Å². The van der Waals surface area contributed by atoms with Crippen LogP contribution in [0.15, 0.2) is 35.3 Å². The van der Waals surface area contributed by atoms with Crippen molar-refractivity contribution in [1.82, 2.24) is 15.1 Å². The number of nitrogens with one attached hydrogen (secondary N) is 1. The molecule has 2 aliphatic rings. The minimum atomic E-state index is -0.219. The molecule has 1 N–H and O–H groups in total. The fraction of sp³-hybridized carbons (Fsp3) is 0.636. The van der Waals surface area contributed by atoms with Crippen molar-refractivity contribution in [2.45, 2.75) is 38.4 Å². The predicted octanol–water partition coefficient (Wildman–Crippen LogP) is 1.88. The molecule has 2 heterocycles. The number of carbonyl (C=O) groups excluding carboxylic acids is 1. The number of hydrogen-bond donors (Lipinski definition) is 1. The lowest BCUT2D eigenvalue weighted by atomic mass is 10.2. The molecule has 0 saturated carbocycles. The lowest BCUT2D eigenvalue weighted by molar-refractivity contribution is -0.142. The van der Waals surface area contributed by atoms with E-state index in [4.69, 9.17) is 9.47 Å². The minimum absolute atomic E-state index is 0.153. The number of nitrogens with zero attached hydrogens (tertiary/aromatic N) is 3. The van der Waals surface area contributed by atoms with E-state index in [-0.39, 0.29) is 12.0 Å². The molecular weight excluding hydrogens is 368 g/mol. The minimum Gasteiger partial charge on any atom is -0.377 e. The Morgan fingerprint density at radius 1 is 1.17 bits per heavy atom. The summed E-state index contributed by atoms with van der Waals surface area (Å²) < 4.78 is 11.3. The number of benzene rings is 1. The Bertz CT molecular complexity index is 639. The highest BCUT2D eigenvalue weighted by Gasteiger charge is 2.30. The first kappa shape index (κ1) is 21.6. The summed E-state index contributed by atoms with van der Waals surface area (Å²) in [5.41, 5.74) is 1.21. The number of hydrogen-bond acceptors (Lipinski definition) is 4. The van der Waals surface area contributed by atoms with Gasteiger partial charge >= 0.3 is 0 Å². The lowest BCUT2D eigenvalue weighted by Gasteiger charge is -2.37. The molecule has 2 saturated heterocycles. The Hall–Kier alpha value is -2.12. The standard InChI is InChI=1S/C22H34N4O3/c1-23-22(24-11-5-6-16-28-18-19-8-3-2-4-9-19)26-14-12-25(13-15-26)21(27)20-10-7-17-29-20/h2-4,8-9,20H,5-7,10-18H2,1H3,(H,23,24). The van der Waals surface area contributed by atoms with Gasteiger partial charge in [-0.2, -0.15) is 0 Å². The number of aliphatic imine (C=N–C) groups is 1. The molecule has 1 unspecified atom stereocenters. The second-order valence-electron chi connectivity index (χ2n) is 7.53. The maximum absolute atomic E-state index is 12.5. The van der Waals surface area contributed by atoms with Crippen LogP contribution < -0.4 is 5.32 Å². The predicted molar refractivity (Wildman–Crippen MR) is 114 cm³/mol. The summed E-state index contributed by atoms with van der Waals surface area (Å²) in [5.74, 6) is 1.07. The van der Waals surface area contributed by atoms with Gasteiger partial charge in [0.15, 0.2) is 5.96 Å². The molecule has 1 atom stereocenters. The van der Waals surface area contributed by atoms with Gasteiger partial charge in [0.1, 0.15) is 6.10 Å². The van der Waals surface area contributed by atoms with Crippen LogP contribution in [0, 0.1) is 0 Å². The first-order valence-corrected chi connectivity index (χ1v) is 10.8. The van der Waals surface area contributed by atoms with Gasteiger partial charge in [-0.05, 0) is 31.2 Å². The maximum Gasteiger partial charge on any atom is 0.251 e. The van der Waals surface area contributed by atoms with Crippen LogP contribution in [0.4, 0.5) is 0 Å². The number of carbonyl (C=O) groups is 1. The molecule has 7 heteroatoms. The molecule has 0 spiro atoms. The van der Waals surface area contributed by atoms with Crippen molar-refractivity contribution >= 4 is 11.9 Å². The third kappa shape index (κ3) is 6.72. The van der Waals surface area contributed by atoms with Crippen molar-refractivity contribution in [3.63, 3.8) is 0 Å². The summed E-state index contributed by atoms with van der Waals surface area (Å²) in [5, 5.41) is 3.44. The summed E-state index contributed by atoms with van der Waals surface area (Å²) in [6.07, 6.45) is 3.68. The van der Waals surface area contributed by atoms with Crippen LogP contribution >= 0.6 is 0 Å². The summed E-state index contributed by atoms with van der Waals surface area (Å²) in [7, 11) is 1.81. The number of amides is 1. The molecule has 29 heavy (non-hydrogen) atoms. The normalized spacial score (nSPS) is 20.2. The van der Waals surface area contributed by atoms with Crippen LogP contribution in [0.1, 0.15) is 31.2 Å². The van der Waals surface area contributed by atoms with Crippen LogP contribution in [0.5, 0.6) is 0 Å². The molecule has 1 aromatic rings. The first-order valence-electron chi connectivity index (χ1n) is 10.8. The molecule has 0 aromatic heterocycles. The Kier molecular flexibility index (Phi) is 8.77. The van der Waals surface area contributed by atoms with Crippen LogP contribution in [0.2, 0.25) is 0 Å². The number of guanidine groups is 1. The molecule has 0 bridgehead atoms. The summed E-state index contributed by atoms with van der Waals surface area (Å²) in [6, 6.07) is 10.3. The van der Waals surface area contributed by atoms with E-state index in [0.29, 0.717) is 13.2 Å². The molecular formula is C22H34N4O3. The Balaban J connectivity index is 1.27.